The molecule has 0 spiro atoms. The summed E-state index contributed by atoms with van der Waals surface area (Å²) >= 11 is 0. The number of allylic oxidation sites excluding steroid dienone is 7. The number of fused-ring (bicyclic) bond motifs is 3. The topological polar surface area (TPSA) is 100 Å². The molecule has 2 heterocycles. The van der Waals surface area contributed by atoms with E-state index in [4.69, 9.17) is 16.1 Å². The minimum Gasteiger partial charge on any atom is -0.308 e. The molecule has 9 rings (SSSR count). The van der Waals surface area contributed by atoms with E-state index in [0.717, 1.165) is 46.4 Å². The highest BCUT2D eigenvalue weighted by Crippen LogP contribution is 2.57. The molecule has 2 aromatic heterocycles. The smallest absolute Gasteiger partial charge is 0.122 e. The lowest BCUT2D eigenvalue weighted by Crippen LogP contribution is -2.31. The van der Waals surface area contributed by atoms with Crippen LogP contribution >= 0.6 is 0 Å². The Hall–Kier alpha value is -7.67. The number of hydrogen-bond acceptors (Lipinski definition) is 6. The molecule has 65 heavy (non-hydrogen) atoms. The van der Waals surface area contributed by atoms with Crippen LogP contribution in [0.3, 0.4) is 0 Å². The fourth-order valence-corrected chi connectivity index (χ4v) is 8.40. The average Bonchev–Trinajstić information content (AvgIpc) is 3.67. The van der Waals surface area contributed by atoms with Gasteiger partial charge in [-0.05, 0) is 129 Å². The van der Waals surface area contributed by atoms with Crippen molar-refractivity contribution in [3.05, 3.63) is 252 Å². The number of pyridine rings is 2. The van der Waals surface area contributed by atoms with Gasteiger partial charge in [0.1, 0.15) is 6.17 Å². The van der Waals surface area contributed by atoms with Gasteiger partial charge in [0.05, 0.1) is 17.7 Å². The maximum Gasteiger partial charge on any atom is 0.122 e. The molecule has 0 aliphatic heterocycles. The molecule has 322 valence electrons. The molecule has 5 aromatic carbocycles. The quantitative estimate of drug-likeness (QED) is 0.0946. The van der Waals surface area contributed by atoms with Gasteiger partial charge in [0.2, 0.25) is 0 Å². The summed E-state index contributed by atoms with van der Waals surface area (Å²) in [5, 5.41) is 7.10. The minimum atomic E-state index is -0.456. The third kappa shape index (κ3) is 10.6. The number of rotatable bonds is 12. The lowest BCUT2D eigenvalue weighted by molar-refractivity contribution is 0.679. The van der Waals surface area contributed by atoms with Gasteiger partial charge in [-0.2, -0.15) is 0 Å². The summed E-state index contributed by atoms with van der Waals surface area (Å²) in [5.41, 5.74) is 21.9. The number of aryl methyl sites for hydroxylation is 1. The molecule has 0 bridgehead atoms. The van der Waals surface area contributed by atoms with E-state index in [1.165, 1.54) is 50.7 Å². The highest BCUT2D eigenvalue weighted by molar-refractivity contribution is 6.03. The zero-order chi connectivity index (χ0) is 45.4. The van der Waals surface area contributed by atoms with Crippen molar-refractivity contribution in [1.29, 1.82) is 5.41 Å². The van der Waals surface area contributed by atoms with E-state index < -0.39 is 11.6 Å². The van der Waals surface area contributed by atoms with Gasteiger partial charge >= 0.3 is 0 Å². The molecule has 0 saturated heterocycles. The Morgan fingerprint density at radius 1 is 0.785 bits per heavy atom. The van der Waals surface area contributed by atoms with Crippen LogP contribution in [-0.2, 0) is 18.4 Å². The lowest BCUT2D eigenvalue weighted by atomic mass is 9.67. The van der Waals surface area contributed by atoms with Gasteiger partial charge in [-0.15, -0.1) is 0 Å². The Morgan fingerprint density at radius 2 is 1.49 bits per heavy atom. The summed E-state index contributed by atoms with van der Waals surface area (Å²) < 4.78 is 0. The van der Waals surface area contributed by atoms with Crippen molar-refractivity contribution in [2.24, 2.45) is 21.6 Å². The van der Waals surface area contributed by atoms with Gasteiger partial charge in [-0.3, -0.25) is 20.0 Å². The van der Waals surface area contributed by atoms with E-state index in [9.17, 15) is 0 Å². The zero-order valence-corrected chi connectivity index (χ0v) is 37.3. The predicted octanol–water partition coefficient (Wildman–Crippen LogP) is 13.6. The van der Waals surface area contributed by atoms with Crippen molar-refractivity contribution in [1.82, 2.24) is 9.97 Å². The van der Waals surface area contributed by atoms with Gasteiger partial charge in [-0.25, -0.2) is 0 Å². The average molecular weight is 849 g/mol. The highest BCUT2D eigenvalue weighted by atomic mass is 14.9. The largest absolute Gasteiger partial charge is 0.308 e. The molecule has 0 saturated carbocycles. The van der Waals surface area contributed by atoms with Gasteiger partial charge in [-0.1, -0.05) is 166 Å². The maximum atomic E-state index is 7.10. The molecule has 0 radical (unpaired) electrons. The Bertz CT molecular complexity index is 2840. The second kappa shape index (κ2) is 22.1. The van der Waals surface area contributed by atoms with Crippen LogP contribution in [-0.4, -0.2) is 29.1 Å². The van der Waals surface area contributed by atoms with Crippen molar-refractivity contribution >= 4 is 19.1 Å². The third-order valence-corrected chi connectivity index (χ3v) is 11.8. The summed E-state index contributed by atoms with van der Waals surface area (Å²) in [6.45, 7) is 12.2. The molecular weight excluding hydrogens is 793 g/mol. The van der Waals surface area contributed by atoms with E-state index in [1.54, 1.807) is 30.8 Å². The second-order valence-electron chi connectivity index (χ2n) is 16.1. The summed E-state index contributed by atoms with van der Waals surface area (Å²) in [6.07, 6.45) is 20.5. The highest BCUT2D eigenvalue weighted by Gasteiger charge is 2.48. The van der Waals surface area contributed by atoms with Crippen LogP contribution in [0.1, 0.15) is 59.9 Å². The normalized spacial score (nSPS) is 16.4. The summed E-state index contributed by atoms with van der Waals surface area (Å²) in [5.74, 6) is 0.532. The number of aliphatic imine (C=N–C) groups is 2. The van der Waals surface area contributed by atoms with E-state index in [0.29, 0.717) is 12.5 Å². The molecule has 2 aliphatic carbocycles. The molecular formula is C59H56N6. The molecule has 6 heteroatoms. The minimum absolute atomic E-state index is 0.429. The molecule has 3 unspecified atom stereocenters. The van der Waals surface area contributed by atoms with Crippen LogP contribution in [0.25, 0.3) is 33.4 Å². The van der Waals surface area contributed by atoms with Crippen LogP contribution in [0.5, 0.6) is 0 Å². The zero-order valence-electron chi connectivity index (χ0n) is 37.3. The van der Waals surface area contributed by atoms with Crippen molar-refractivity contribution in [2.75, 3.05) is 0 Å². The Labute approximate surface area is 384 Å². The molecule has 3 N–H and O–H groups in total. The van der Waals surface area contributed by atoms with Gasteiger partial charge < -0.3 is 11.1 Å². The Morgan fingerprint density at radius 3 is 2.15 bits per heavy atom. The van der Waals surface area contributed by atoms with E-state index >= 15 is 0 Å². The van der Waals surface area contributed by atoms with Crippen LogP contribution < -0.4 is 5.73 Å². The fraction of sp³-hybridized carbons (Fsp3) is 0.136. The molecule has 0 fully saturated rings. The van der Waals surface area contributed by atoms with Crippen LogP contribution in [0.15, 0.2) is 228 Å². The van der Waals surface area contributed by atoms with E-state index in [2.05, 4.69) is 176 Å². The van der Waals surface area contributed by atoms with Crippen molar-refractivity contribution in [3.63, 3.8) is 0 Å². The first-order chi connectivity index (χ1) is 31.9. The first kappa shape index (κ1) is 45.4. The Balaban J connectivity index is 0.000000224. The van der Waals surface area contributed by atoms with Crippen molar-refractivity contribution in [2.45, 2.75) is 44.8 Å². The molecule has 0 amide bonds. The van der Waals surface area contributed by atoms with Crippen molar-refractivity contribution in [3.8, 4) is 33.4 Å². The number of aromatic nitrogens is 2. The predicted molar refractivity (Wildman–Crippen MR) is 274 cm³/mol. The third-order valence-electron chi connectivity index (χ3n) is 11.8. The first-order valence-electron chi connectivity index (χ1n) is 22.1. The van der Waals surface area contributed by atoms with Gasteiger partial charge in [0.15, 0.2) is 0 Å². The van der Waals surface area contributed by atoms with E-state index in [-0.39, 0.29) is 0 Å². The number of benzene rings is 5. The fourth-order valence-electron chi connectivity index (χ4n) is 8.40. The Kier molecular flexibility index (Phi) is 15.4. The van der Waals surface area contributed by atoms with Crippen LogP contribution in [0.4, 0.5) is 0 Å². The number of hydrogen-bond donors (Lipinski definition) is 2. The SMILES string of the molecule is C=C/C=C(\C=N)C=NCc1cccnc1.C=NC(N)c1cccc(-c2cccc(-c3ccc4c(c3)-c3ccccc3C4(C3=CCC(C)C=C3)c3ccccn3)c2)c1.CCc1ccccc1. The molecule has 6 nitrogen and oxygen atoms in total. The van der Waals surface area contributed by atoms with Crippen molar-refractivity contribution < 1.29 is 0 Å². The van der Waals surface area contributed by atoms with Crippen LogP contribution in [0, 0.1) is 11.3 Å². The second-order valence-corrected chi connectivity index (χ2v) is 16.1. The van der Waals surface area contributed by atoms with Crippen LogP contribution in [0.2, 0.25) is 0 Å². The number of nitrogens with two attached hydrogens (primary N) is 1. The summed E-state index contributed by atoms with van der Waals surface area (Å²) in [7, 11) is 0. The lowest BCUT2D eigenvalue weighted by Gasteiger charge is -2.35. The summed E-state index contributed by atoms with van der Waals surface area (Å²) in [6, 6.07) is 53.3. The number of nitrogens with one attached hydrogen (secondary N) is 1. The first-order valence-corrected chi connectivity index (χ1v) is 22.1. The number of nitrogens with zero attached hydrogens (tertiary/aromatic N) is 4. The molecule has 3 atom stereocenters. The van der Waals surface area contributed by atoms with E-state index in [1.807, 2.05) is 42.6 Å². The standard InChI is InChI=1S/C39H33N3.C12H13N3.C8H10/c1-26-16-19-32(20-17-26)39(37-15-5-6-22-42-37)35-14-4-3-13-33(35)34-25-30(18-21-36(34)39)28-10-7-9-27(23-28)29-11-8-12-31(24-29)38(40)41-2;1-2-4-11(7-13)8-15-10-12-5-3-6-14-9-12;1-2-8-6-4-3-5-7-8/h3-16,18-26,38H,2,17,40H2,1H3;2-9,13H,1,10H2;3-7H,2H2,1H3/b;11-4+,13-7?,15-8?;. The molecule has 7 aromatic rings. The van der Waals surface area contributed by atoms with Gasteiger partial charge in [0, 0.05) is 36.6 Å². The maximum absolute atomic E-state index is 7.10. The monoisotopic (exact) mass is 848 g/mol. The molecule has 2 aliphatic rings. The van der Waals surface area contributed by atoms with Gasteiger partial charge in [0.25, 0.3) is 0 Å². The summed E-state index contributed by atoms with van der Waals surface area (Å²) in [4.78, 5) is 17.2.